The van der Waals surface area contributed by atoms with E-state index in [1.807, 2.05) is 48.7 Å². The lowest BCUT2D eigenvalue weighted by atomic mass is 10.2. The first kappa shape index (κ1) is 18.0. The number of aryl methyl sites for hydroxylation is 1. The number of thiophene rings is 1. The molecule has 6 nitrogen and oxygen atoms in total. The van der Waals surface area contributed by atoms with E-state index in [0.717, 1.165) is 19.9 Å². The highest BCUT2D eigenvalue weighted by Crippen LogP contribution is 2.31. The zero-order chi connectivity index (χ0) is 18.8. The molecular formula is C18H14BrN5OS2. The average Bonchev–Trinajstić information content (AvgIpc) is 3.38. The van der Waals surface area contributed by atoms with Gasteiger partial charge in [-0.3, -0.25) is 10.1 Å². The molecule has 0 spiro atoms. The second kappa shape index (κ2) is 7.71. The Kier molecular flexibility index (Phi) is 5.15. The van der Waals surface area contributed by atoms with Gasteiger partial charge in [0.2, 0.25) is 5.95 Å². The van der Waals surface area contributed by atoms with Gasteiger partial charge in [-0.25, -0.2) is 14.6 Å². The standard InChI is InChI=1S/C18H14BrN5OS2/c1-11-15(27-17(21-11)14-3-2-8-26-14)16(25)22-18-20-10-24(23-18)9-12-4-6-13(19)7-5-12/h2-8,10H,9H2,1H3,(H,22,23,25). The van der Waals surface area contributed by atoms with Crippen LogP contribution in [0, 0.1) is 6.92 Å². The van der Waals surface area contributed by atoms with Crippen molar-refractivity contribution in [3.63, 3.8) is 0 Å². The molecule has 1 amide bonds. The van der Waals surface area contributed by atoms with Crippen molar-refractivity contribution in [3.8, 4) is 9.88 Å². The van der Waals surface area contributed by atoms with Crippen molar-refractivity contribution in [1.82, 2.24) is 19.7 Å². The third-order valence-corrected chi connectivity index (χ3v) is 6.48. The van der Waals surface area contributed by atoms with Gasteiger partial charge in [-0.05, 0) is 36.1 Å². The van der Waals surface area contributed by atoms with Crippen LogP contribution in [0.4, 0.5) is 5.95 Å². The molecule has 0 aliphatic rings. The van der Waals surface area contributed by atoms with Crippen LogP contribution in [0.3, 0.4) is 0 Å². The molecule has 3 aromatic heterocycles. The number of amides is 1. The van der Waals surface area contributed by atoms with Gasteiger partial charge < -0.3 is 0 Å². The minimum Gasteiger partial charge on any atom is -0.288 e. The fourth-order valence-electron chi connectivity index (χ4n) is 2.48. The highest BCUT2D eigenvalue weighted by Gasteiger charge is 2.18. The third-order valence-electron chi connectivity index (χ3n) is 3.75. The van der Waals surface area contributed by atoms with Crippen molar-refractivity contribution in [2.24, 2.45) is 0 Å². The molecule has 0 aliphatic carbocycles. The van der Waals surface area contributed by atoms with Crippen molar-refractivity contribution in [3.05, 3.63) is 68.7 Å². The molecule has 0 radical (unpaired) electrons. The molecule has 3 heterocycles. The Balaban J connectivity index is 1.46. The second-order valence-corrected chi connectivity index (χ2v) is 8.62. The van der Waals surface area contributed by atoms with Crippen LogP contribution in [0.2, 0.25) is 0 Å². The first-order chi connectivity index (χ1) is 13.1. The van der Waals surface area contributed by atoms with Gasteiger partial charge in [0.25, 0.3) is 5.91 Å². The van der Waals surface area contributed by atoms with Gasteiger partial charge in [-0.15, -0.1) is 27.8 Å². The lowest BCUT2D eigenvalue weighted by Gasteiger charge is -2.01. The van der Waals surface area contributed by atoms with Crippen LogP contribution in [-0.4, -0.2) is 25.7 Å². The Morgan fingerprint density at radius 2 is 2.07 bits per heavy atom. The summed E-state index contributed by atoms with van der Waals surface area (Å²) in [5.74, 6) is 0.0387. The lowest BCUT2D eigenvalue weighted by molar-refractivity contribution is 0.102. The maximum atomic E-state index is 12.6. The molecule has 0 atom stereocenters. The number of thiazole rings is 1. The van der Waals surface area contributed by atoms with E-state index in [9.17, 15) is 4.79 Å². The number of nitrogens with zero attached hydrogens (tertiary/aromatic N) is 4. The fourth-order valence-corrected chi connectivity index (χ4v) is 4.50. The maximum absolute atomic E-state index is 12.6. The molecule has 1 aromatic carbocycles. The van der Waals surface area contributed by atoms with Crippen molar-refractivity contribution < 1.29 is 4.79 Å². The summed E-state index contributed by atoms with van der Waals surface area (Å²) in [7, 11) is 0. The average molecular weight is 460 g/mol. The molecule has 4 rings (SSSR count). The predicted octanol–water partition coefficient (Wildman–Crippen LogP) is 4.83. The fraction of sp³-hybridized carbons (Fsp3) is 0.111. The molecule has 1 N–H and O–H groups in total. The number of hydrogen-bond acceptors (Lipinski definition) is 6. The van der Waals surface area contributed by atoms with Crippen LogP contribution in [0.15, 0.2) is 52.6 Å². The molecule has 0 fully saturated rings. The topological polar surface area (TPSA) is 72.7 Å². The largest absolute Gasteiger partial charge is 0.288 e. The van der Waals surface area contributed by atoms with Gasteiger partial charge in [0.05, 0.1) is 17.1 Å². The Morgan fingerprint density at radius 1 is 1.26 bits per heavy atom. The first-order valence-electron chi connectivity index (χ1n) is 8.05. The van der Waals surface area contributed by atoms with E-state index >= 15 is 0 Å². The molecule has 4 aromatic rings. The van der Waals surface area contributed by atoms with Gasteiger partial charge >= 0.3 is 0 Å². The lowest BCUT2D eigenvalue weighted by Crippen LogP contribution is -2.13. The first-order valence-corrected chi connectivity index (χ1v) is 10.5. The maximum Gasteiger partial charge on any atom is 0.270 e. The SMILES string of the molecule is Cc1nc(-c2cccs2)sc1C(=O)Nc1ncn(Cc2ccc(Br)cc2)n1. The summed E-state index contributed by atoms with van der Waals surface area (Å²) in [5, 5.41) is 9.93. The van der Waals surface area contributed by atoms with Crippen LogP contribution in [0.1, 0.15) is 20.9 Å². The van der Waals surface area contributed by atoms with Crippen LogP contribution in [0.5, 0.6) is 0 Å². The summed E-state index contributed by atoms with van der Waals surface area (Å²) in [5.41, 5.74) is 1.80. The van der Waals surface area contributed by atoms with Gasteiger partial charge in [0, 0.05) is 4.47 Å². The molecular weight excluding hydrogens is 446 g/mol. The quantitative estimate of drug-likeness (QED) is 0.463. The molecule has 136 valence electrons. The van der Waals surface area contributed by atoms with E-state index in [1.54, 1.807) is 22.3 Å². The number of aromatic nitrogens is 4. The Morgan fingerprint density at radius 3 is 2.81 bits per heavy atom. The van der Waals surface area contributed by atoms with Crippen LogP contribution < -0.4 is 5.32 Å². The van der Waals surface area contributed by atoms with Gasteiger partial charge in [0.15, 0.2) is 0 Å². The van der Waals surface area contributed by atoms with E-state index in [-0.39, 0.29) is 11.9 Å². The van der Waals surface area contributed by atoms with Crippen molar-refractivity contribution in [2.45, 2.75) is 13.5 Å². The number of nitrogens with one attached hydrogen (secondary N) is 1. The summed E-state index contributed by atoms with van der Waals surface area (Å²) in [4.78, 5) is 22.9. The van der Waals surface area contributed by atoms with E-state index in [2.05, 4.69) is 36.3 Å². The predicted molar refractivity (Wildman–Crippen MR) is 111 cm³/mol. The minimum atomic E-state index is -0.241. The van der Waals surface area contributed by atoms with Gasteiger partial charge in [0.1, 0.15) is 16.2 Å². The van der Waals surface area contributed by atoms with Crippen LogP contribution in [-0.2, 0) is 6.54 Å². The van der Waals surface area contributed by atoms with Crippen molar-refractivity contribution in [1.29, 1.82) is 0 Å². The monoisotopic (exact) mass is 459 g/mol. The van der Waals surface area contributed by atoms with Crippen LogP contribution >= 0.6 is 38.6 Å². The number of carbonyl (C=O) groups is 1. The highest BCUT2D eigenvalue weighted by atomic mass is 79.9. The second-order valence-electron chi connectivity index (χ2n) is 5.76. The van der Waals surface area contributed by atoms with Crippen molar-refractivity contribution >= 4 is 50.5 Å². The normalized spacial score (nSPS) is 10.9. The number of hydrogen-bond donors (Lipinski definition) is 1. The zero-order valence-corrected chi connectivity index (χ0v) is 17.4. The molecule has 0 aliphatic heterocycles. The van der Waals surface area contributed by atoms with Gasteiger partial charge in [-0.2, -0.15) is 0 Å². The van der Waals surface area contributed by atoms with E-state index in [0.29, 0.717) is 17.1 Å². The summed E-state index contributed by atoms with van der Waals surface area (Å²) < 4.78 is 2.72. The summed E-state index contributed by atoms with van der Waals surface area (Å²) in [6.45, 7) is 2.42. The van der Waals surface area contributed by atoms with E-state index in [4.69, 9.17) is 0 Å². The summed E-state index contributed by atoms with van der Waals surface area (Å²) in [6, 6.07) is 11.9. The van der Waals surface area contributed by atoms with Crippen LogP contribution in [0.25, 0.3) is 9.88 Å². The Hall–Kier alpha value is -2.36. The highest BCUT2D eigenvalue weighted by molar-refractivity contribution is 9.10. The number of anilines is 1. The molecule has 0 unspecified atom stereocenters. The molecule has 27 heavy (non-hydrogen) atoms. The van der Waals surface area contributed by atoms with Crippen molar-refractivity contribution in [2.75, 3.05) is 5.32 Å². The number of benzene rings is 1. The minimum absolute atomic E-state index is 0.241. The Bertz CT molecular complexity index is 1070. The van der Waals surface area contributed by atoms with Gasteiger partial charge in [-0.1, -0.05) is 34.1 Å². The number of halogens is 1. The third kappa shape index (κ3) is 4.15. The molecule has 0 bridgehead atoms. The number of rotatable bonds is 5. The molecule has 9 heteroatoms. The Labute approximate surface area is 172 Å². The zero-order valence-electron chi connectivity index (χ0n) is 14.2. The number of carbonyl (C=O) groups excluding carboxylic acids is 1. The summed E-state index contributed by atoms with van der Waals surface area (Å²) >= 11 is 6.40. The molecule has 0 saturated carbocycles. The molecule has 0 saturated heterocycles. The van der Waals surface area contributed by atoms with E-state index < -0.39 is 0 Å². The summed E-state index contributed by atoms with van der Waals surface area (Å²) in [6.07, 6.45) is 1.61. The smallest absolute Gasteiger partial charge is 0.270 e. The van der Waals surface area contributed by atoms with E-state index in [1.165, 1.54) is 11.3 Å².